The summed E-state index contributed by atoms with van der Waals surface area (Å²) in [6.45, 7) is 2.79. The quantitative estimate of drug-likeness (QED) is 0.482. The first-order valence-corrected chi connectivity index (χ1v) is 9.18. The molecule has 122 valence electrons. The molecule has 0 aliphatic heterocycles. The summed E-state index contributed by atoms with van der Waals surface area (Å²) >= 11 is 3.09. The summed E-state index contributed by atoms with van der Waals surface area (Å²) in [7, 11) is 0. The van der Waals surface area contributed by atoms with E-state index in [-0.39, 0.29) is 0 Å². The number of thiophene rings is 1. The molecule has 0 bridgehead atoms. The second-order valence-electron chi connectivity index (χ2n) is 4.81. The third-order valence-electron chi connectivity index (χ3n) is 3.31. The molecular formula is C15H13N5O2S2. The zero-order chi connectivity index (χ0) is 16.4. The van der Waals surface area contributed by atoms with E-state index in [0.717, 1.165) is 22.4 Å². The van der Waals surface area contributed by atoms with E-state index < -0.39 is 0 Å². The van der Waals surface area contributed by atoms with Crippen molar-refractivity contribution < 1.29 is 8.94 Å². The lowest BCUT2D eigenvalue weighted by Gasteiger charge is -2.04. The molecule has 4 aromatic heterocycles. The Labute approximate surface area is 145 Å². The van der Waals surface area contributed by atoms with E-state index >= 15 is 0 Å². The Morgan fingerprint density at radius 3 is 2.96 bits per heavy atom. The fourth-order valence-electron chi connectivity index (χ4n) is 2.21. The molecule has 4 aromatic rings. The van der Waals surface area contributed by atoms with Crippen LogP contribution >= 0.6 is 23.1 Å². The van der Waals surface area contributed by atoms with Crippen LogP contribution in [0.4, 0.5) is 0 Å². The van der Waals surface area contributed by atoms with E-state index in [0.29, 0.717) is 23.2 Å². The zero-order valence-corrected chi connectivity index (χ0v) is 14.4. The van der Waals surface area contributed by atoms with Crippen molar-refractivity contribution in [3.8, 4) is 22.4 Å². The molecule has 0 atom stereocenters. The molecule has 24 heavy (non-hydrogen) atoms. The Kier molecular flexibility index (Phi) is 4.18. The normalized spacial score (nSPS) is 11.2. The summed E-state index contributed by atoms with van der Waals surface area (Å²) in [5.41, 5.74) is 0. The number of rotatable bonds is 6. The average molecular weight is 359 g/mol. The molecule has 0 fully saturated rings. The molecule has 0 aliphatic carbocycles. The number of thioether (sulfide) groups is 1. The van der Waals surface area contributed by atoms with Crippen LogP contribution < -0.4 is 0 Å². The first-order valence-electron chi connectivity index (χ1n) is 7.31. The van der Waals surface area contributed by atoms with Crippen molar-refractivity contribution in [2.24, 2.45) is 0 Å². The maximum absolute atomic E-state index is 5.41. The van der Waals surface area contributed by atoms with Crippen LogP contribution in [0.2, 0.25) is 0 Å². The number of hydrogen-bond acceptors (Lipinski definition) is 8. The Balaban J connectivity index is 1.50. The first-order chi connectivity index (χ1) is 11.8. The largest absolute Gasteiger partial charge is 0.461 e. The number of aromatic nitrogens is 5. The van der Waals surface area contributed by atoms with Crippen molar-refractivity contribution >= 4 is 23.1 Å². The predicted molar refractivity (Wildman–Crippen MR) is 90.6 cm³/mol. The second-order valence-corrected chi connectivity index (χ2v) is 6.70. The molecule has 9 heteroatoms. The molecule has 0 spiro atoms. The van der Waals surface area contributed by atoms with Gasteiger partial charge in [0, 0.05) is 6.54 Å². The van der Waals surface area contributed by atoms with Crippen molar-refractivity contribution in [1.29, 1.82) is 0 Å². The van der Waals surface area contributed by atoms with Gasteiger partial charge in [-0.3, -0.25) is 4.57 Å². The fraction of sp³-hybridized carbons (Fsp3) is 0.200. The van der Waals surface area contributed by atoms with Gasteiger partial charge < -0.3 is 8.94 Å². The lowest BCUT2D eigenvalue weighted by atomic mass is 10.4. The maximum Gasteiger partial charge on any atom is 0.268 e. The standard InChI is InChI=1S/C15H13N5O2S2/c1-2-20-13(10-5-3-7-21-10)17-18-15(20)24-9-12-16-14(22-19-12)11-6-4-8-23-11/h3-8H,2,9H2,1H3. The van der Waals surface area contributed by atoms with Gasteiger partial charge in [-0.2, -0.15) is 4.98 Å². The van der Waals surface area contributed by atoms with Crippen molar-refractivity contribution in [3.63, 3.8) is 0 Å². The zero-order valence-electron chi connectivity index (χ0n) is 12.7. The molecule has 7 nitrogen and oxygen atoms in total. The minimum Gasteiger partial charge on any atom is -0.461 e. The van der Waals surface area contributed by atoms with Gasteiger partial charge in [0.2, 0.25) is 0 Å². The lowest BCUT2D eigenvalue weighted by Crippen LogP contribution is -1.99. The van der Waals surface area contributed by atoms with Crippen LogP contribution in [0.3, 0.4) is 0 Å². The van der Waals surface area contributed by atoms with E-state index in [2.05, 4.69) is 20.3 Å². The molecule has 0 saturated carbocycles. The minimum atomic E-state index is 0.550. The molecule has 0 saturated heterocycles. The highest BCUT2D eigenvalue weighted by molar-refractivity contribution is 7.98. The van der Waals surface area contributed by atoms with Crippen LogP contribution in [0.5, 0.6) is 0 Å². The summed E-state index contributed by atoms with van der Waals surface area (Å²) in [6.07, 6.45) is 1.63. The van der Waals surface area contributed by atoms with Crippen molar-refractivity contribution in [3.05, 3.63) is 41.7 Å². The number of furan rings is 1. The van der Waals surface area contributed by atoms with Gasteiger partial charge in [-0.25, -0.2) is 0 Å². The summed E-state index contributed by atoms with van der Waals surface area (Å²) in [6, 6.07) is 7.62. The van der Waals surface area contributed by atoms with Crippen LogP contribution in [-0.2, 0) is 12.3 Å². The van der Waals surface area contributed by atoms with Gasteiger partial charge in [-0.05, 0) is 30.5 Å². The molecular weight excluding hydrogens is 346 g/mol. The van der Waals surface area contributed by atoms with Crippen LogP contribution in [0.15, 0.2) is 50.0 Å². The molecule has 0 radical (unpaired) electrons. The van der Waals surface area contributed by atoms with Gasteiger partial charge in [0.05, 0.1) is 16.9 Å². The van der Waals surface area contributed by atoms with Gasteiger partial charge in [0.15, 0.2) is 22.6 Å². The van der Waals surface area contributed by atoms with Gasteiger partial charge in [0.25, 0.3) is 5.89 Å². The second kappa shape index (κ2) is 6.62. The molecule has 0 unspecified atom stereocenters. The average Bonchev–Trinajstić information content (AvgIpc) is 3.40. The predicted octanol–water partition coefficient (Wildman–Crippen LogP) is 3.96. The highest BCUT2D eigenvalue weighted by Crippen LogP contribution is 2.27. The third-order valence-corrected chi connectivity index (χ3v) is 5.13. The molecule has 0 N–H and O–H groups in total. The van der Waals surface area contributed by atoms with E-state index in [1.54, 1.807) is 17.6 Å². The maximum atomic E-state index is 5.41. The lowest BCUT2D eigenvalue weighted by molar-refractivity contribution is 0.426. The highest BCUT2D eigenvalue weighted by atomic mass is 32.2. The molecule has 4 rings (SSSR count). The number of nitrogens with zero attached hydrogens (tertiary/aromatic N) is 5. The van der Waals surface area contributed by atoms with Crippen LogP contribution in [0.1, 0.15) is 12.7 Å². The summed E-state index contributed by atoms with van der Waals surface area (Å²) in [4.78, 5) is 5.38. The highest BCUT2D eigenvalue weighted by Gasteiger charge is 2.16. The van der Waals surface area contributed by atoms with E-state index in [9.17, 15) is 0 Å². The van der Waals surface area contributed by atoms with Gasteiger partial charge in [-0.15, -0.1) is 21.5 Å². The van der Waals surface area contributed by atoms with Crippen molar-refractivity contribution in [2.75, 3.05) is 0 Å². The monoisotopic (exact) mass is 359 g/mol. The Morgan fingerprint density at radius 2 is 2.21 bits per heavy atom. The summed E-state index contributed by atoms with van der Waals surface area (Å²) < 4.78 is 12.7. The van der Waals surface area contributed by atoms with Gasteiger partial charge in [0.1, 0.15) is 0 Å². The van der Waals surface area contributed by atoms with E-state index in [4.69, 9.17) is 8.94 Å². The Hall–Kier alpha value is -2.39. The van der Waals surface area contributed by atoms with Crippen LogP contribution in [-0.4, -0.2) is 24.9 Å². The molecule has 0 aliphatic rings. The fourth-order valence-corrected chi connectivity index (χ4v) is 3.70. The topological polar surface area (TPSA) is 82.8 Å². The smallest absolute Gasteiger partial charge is 0.268 e. The molecule has 0 aromatic carbocycles. The molecule has 4 heterocycles. The van der Waals surface area contributed by atoms with Crippen molar-refractivity contribution in [1.82, 2.24) is 24.9 Å². The third kappa shape index (κ3) is 2.87. The molecule has 0 amide bonds. The van der Waals surface area contributed by atoms with E-state index in [1.165, 1.54) is 11.8 Å². The van der Waals surface area contributed by atoms with Gasteiger partial charge in [-0.1, -0.05) is 23.0 Å². The first kappa shape index (κ1) is 15.2. The van der Waals surface area contributed by atoms with Crippen LogP contribution in [0.25, 0.3) is 22.4 Å². The summed E-state index contributed by atoms with van der Waals surface area (Å²) in [5.74, 6) is 3.17. The van der Waals surface area contributed by atoms with Crippen molar-refractivity contribution in [2.45, 2.75) is 24.4 Å². The van der Waals surface area contributed by atoms with Gasteiger partial charge >= 0.3 is 0 Å². The van der Waals surface area contributed by atoms with E-state index in [1.807, 2.05) is 41.1 Å². The van der Waals surface area contributed by atoms with Crippen LogP contribution in [0, 0.1) is 0 Å². The number of hydrogen-bond donors (Lipinski definition) is 0. The SMILES string of the molecule is CCn1c(SCc2noc(-c3cccs3)n2)nnc1-c1ccco1. The Morgan fingerprint density at radius 1 is 1.25 bits per heavy atom. The Bertz CT molecular complexity index is 912. The summed E-state index contributed by atoms with van der Waals surface area (Å²) in [5, 5.41) is 15.3. The minimum absolute atomic E-state index is 0.550.